The molecule has 11 heteroatoms. The smallest absolute Gasteiger partial charge is 0.338 e. The van der Waals surface area contributed by atoms with Gasteiger partial charge in [-0.05, 0) is 48.9 Å². The molecular formula is C28H23Cl2NO8. The molecule has 4 rings (SSSR count). The molecular weight excluding hydrogens is 549 g/mol. The number of aliphatic hydroxyl groups is 1. The number of aromatic hydroxyl groups is 1. The number of rotatable bonds is 7. The van der Waals surface area contributed by atoms with Gasteiger partial charge in [0.2, 0.25) is 0 Å². The molecule has 9 nitrogen and oxygen atoms in total. The Hall–Kier alpha value is -4.21. The number of Topliss-reactive ketones (excluding diaryl/α,β-unsaturated/α-hetero) is 1. The number of anilines is 1. The lowest BCUT2D eigenvalue weighted by Gasteiger charge is -2.26. The van der Waals surface area contributed by atoms with Gasteiger partial charge in [-0.2, -0.15) is 0 Å². The Bertz CT molecular complexity index is 1520. The number of carbonyl (C=O) groups is 3. The molecule has 0 aromatic heterocycles. The minimum atomic E-state index is -1.21. The summed E-state index contributed by atoms with van der Waals surface area (Å²) in [5.41, 5.74) is 0.274. The number of ketones is 1. The predicted octanol–water partition coefficient (Wildman–Crippen LogP) is 5.52. The maximum Gasteiger partial charge on any atom is 0.338 e. The number of methoxy groups -OCH3 is 2. The second-order valence-corrected chi connectivity index (χ2v) is 9.11. The zero-order chi connectivity index (χ0) is 28.4. The topological polar surface area (TPSA) is 123 Å². The molecule has 1 aliphatic heterocycles. The Kier molecular flexibility index (Phi) is 8.03. The Labute approximate surface area is 233 Å². The number of benzene rings is 3. The van der Waals surface area contributed by atoms with Crippen molar-refractivity contribution in [1.82, 2.24) is 0 Å². The van der Waals surface area contributed by atoms with Crippen molar-refractivity contribution < 1.29 is 38.8 Å². The zero-order valence-electron chi connectivity index (χ0n) is 21.0. The van der Waals surface area contributed by atoms with Crippen LogP contribution in [0.25, 0.3) is 5.76 Å². The first-order chi connectivity index (χ1) is 18.6. The van der Waals surface area contributed by atoms with Crippen molar-refractivity contribution in [2.24, 2.45) is 0 Å². The first-order valence-electron chi connectivity index (χ1n) is 11.6. The molecule has 1 unspecified atom stereocenters. The van der Waals surface area contributed by atoms with Gasteiger partial charge in [0.05, 0.1) is 48.6 Å². The van der Waals surface area contributed by atoms with Crippen molar-refractivity contribution in [1.29, 1.82) is 0 Å². The lowest BCUT2D eigenvalue weighted by molar-refractivity contribution is -0.132. The summed E-state index contributed by atoms with van der Waals surface area (Å²) in [6.07, 6.45) is 0. The minimum Gasteiger partial charge on any atom is -0.508 e. The van der Waals surface area contributed by atoms with Crippen LogP contribution in [0.3, 0.4) is 0 Å². The lowest BCUT2D eigenvalue weighted by atomic mass is 9.94. The molecule has 1 heterocycles. The molecule has 1 saturated heterocycles. The first-order valence-corrected chi connectivity index (χ1v) is 12.4. The van der Waals surface area contributed by atoms with Crippen molar-refractivity contribution in [2.45, 2.75) is 13.0 Å². The number of phenols is 1. The van der Waals surface area contributed by atoms with Gasteiger partial charge in [-0.1, -0.05) is 41.4 Å². The number of aliphatic hydroxyl groups excluding tert-OH is 1. The van der Waals surface area contributed by atoms with E-state index in [0.29, 0.717) is 5.56 Å². The van der Waals surface area contributed by atoms with Gasteiger partial charge >= 0.3 is 5.97 Å². The standard InChI is InChI=1S/C28H23Cl2NO8/c1-4-39-28(36)15-8-5-9-16(11-15)31-22(14-7-6-10-17(32)12-14)20(24(34)27(31)35)23(33)18-13-19(29)26(38-3)21(30)25(18)37-2/h5-13,22,32-33H,4H2,1-3H3/b23-20+. The maximum absolute atomic E-state index is 13.5. The Morgan fingerprint density at radius 1 is 1.00 bits per heavy atom. The number of carbonyl (C=O) groups excluding carboxylic acids is 3. The second kappa shape index (κ2) is 11.3. The van der Waals surface area contributed by atoms with Gasteiger partial charge in [0.15, 0.2) is 11.5 Å². The fourth-order valence-corrected chi connectivity index (χ4v) is 5.08. The predicted molar refractivity (Wildman–Crippen MR) is 145 cm³/mol. The van der Waals surface area contributed by atoms with Crippen LogP contribution in [0.1, 0.15) is 34.5 Å². The third-order valence-corrected chi connectivity index (χ3v) is 6.68. The van der Waals surface area contributed by atoms with Crippen LogP contribution in [-0.2, 0) is 14.3 Å². The second-order valence-electron chi connectivity index (χ2n) is 8.32. The number of phenolic OH excluding ortho intramolecular Hbond substituents is 1. The van der Waals surface area contributed by atoms with Crippen LogP contribution in [0.5, 0.6) is 17.2 Å². The number of hydrogen-bond donors (Lipinski definition) is 2. The van der Waals surface area contributed by atoms with Crippen molar-refractivity contribution in [3.8, 4) is 17.2 Å². The average molecular weight is 572 g/mol. The van der Waals surface area contributed by atoms with E-state index in [2.05, 4.69) is 0 Å². The molecule has 1 amide bonds. The third-order valence-electron chi connectivity index (χ3n) is 6.06. The van der Waals surface area contributed by atoms with Crippen molar-refractivity contribution in [3.63, 3.8) is 0 Å². The largest absolute Gasteiger partial charge is 0.508 e. The highest BCUT2D eigenvalue weighted by atomic mass is 35.5. The SMILES string of the molecule is CCOC(=O)c1cccc(N2C(=O)C(=O)/C(=C(/O)c3cc(Cl)c(OC)c(Cl)c3OC)C2c2cccc(O)c2)c1. The van der Waals surface area contributed by atoms with E-state index in [9.17, 15) is 24.6 Å². The van der Waals surface area contributed by atoms with E-state index in [1.54, 1.807) is 13.0 Å². The summed E-state index contributed by atoms with van der Waals surface area (Å²) in [6.45, 7) is 1.81. The Morgan fingerprint density at radius 3 is 2.33 bits per heavy atom. The van der Waals surface area contributed by atoms with E-state index in [0.717, 1.165) is 4.90 Å². The summed E-state index contributed by atoms with van der Waals surface area (Å²) in [7, 11) is 2.65. The van der Waals surface area contributed by atoms with Crippen molar-refractivity contribution >= 4 is 52.3 Å². The summed E-state index contributed by atoms with van der Waals surface area (Å²) >= 11 is 12.7. The van der Waals surface area contributed by atoms with Crippen LogP contribution in [0.4, 0.5) is 5.69 Å². The maximum atomic E-state index is 13.5. The highest BCUT2D eigenvalue weighted by molar-refractivity contribution is 6.52. The van der Waals surface area contributed by atoms with E-state index in [4.69, 9.17) is 37.4 Å². The van der Waals surface area contributed by atoms with Crippen molar-refractivity contribution in [3.05, 3.63) is 86.9 Å². The molecule has 1 fully saturated rings. The van der Waals surface area contributed by atoms with Gasteiger partial charge in [0.25, 0.3) is 11.7 Å². The quantitative estimate of drug-likeness (QED) is 0.164. The molecule has 39 heavy (non-hydrogen) atoms. The van der Waals surface area contributed by atoms with Crippen LogP contribution in [-0.4, -0.2) is 48.7 Å². The number of nitrogens with zero attached hydrogens (tertiary/aromatic N) is 1. The molecule has 0 bridgehead atoms. The van der Waals surface area contributed by atoms with E-state index in [1.165, 1.54) is 62.8 Å². The molecule has 3 aromatic carbocycles. The van der Waals surface area contributed by atoms with Crippen LogP contribution in [0, 0.1) is 0 Å². The fourth-order valence-electron chi connectivity index (χ4n) is 4.40. The number of amides is 1. The van der Waals surface area contributed by atoms with E-state index in [1.807, 2.05) is 0 Å². The zero-order valence-corrected chi connectivity index (χ0v) is 22.5. The summed E-state index contributed by atoms with van der Waals surface area (Å²) in [5.74, 6) is -3.31. The van der Waals surface area contributed by atoms with E-state index in [-0.39, 0.29) is 56.3 Å². The van der Waals surface area contributed by atoms with Gasteiger partial charge in [0.1, 0.15) is 16.5 Å². The monoisotopic (exact) mass is 571 g/mol. The number of hydrogen-bond acceptors (Lipinski definition) is 8. The highest BCUT2D eigenvalue weighted by Gasteiger charge is 2.47. The van der Waals surface area contributed by atoms with Crippen LogP contribution >= 0.6 is 23.2 Å². The highest BCUT2D eigenvalue weighted by Crippen LogP contribution is 2.48. The van der Waals surface area contributed by atoms with Gasteiger partial charge in [-0.3, -0.25) is 14.5 Å². The molecule has 3 aromatic rings. The molecule has 0 radical (unpaired) electrons. The first kappa shape index (κ1) is 27.8. The Balaban J connectivity index is 1.99. The molecule has 0 aliphatic carbocycles. The van der Waals surface area contributed by atoms with E-state index >= 15 is 0 Å². The molecule has 1 atom stereocenters. The summed E-state index contributed by atoms with van der Waals surface area (Å²) in [5, 5.41) is 21.7. The van der Waals surface area contributed by atoms with Crippen molar-refractivity contribution in [2.75, 3.05) is 25.7 Å². The number of ether oxygens (including phenoxy) is 3. The molecule has 2 N–H and O–H groups in total. The lowest BCUT2D eigenvalue weighted by Crippen LogP contribution is -2.29. The van der Waals surface area contributed by atoms with Crippen LogP contribution in [0.2, 0.25) is 10.0 Å². The third kappa shape index (κ3) is 4.98. The molecule has 0 saturated carbocycles. The fraction of sp³-hybridized carbons (Fsp3) is 0.179. The molecule has 1 aliphatic rings. The van der Waals surface area contributed by atoms with Crippen LogP contribution < -0.4 is 14.4 Å². The average Bonchev–Trinajstić information content (AvgIpc) is 3.18. The Morgan fingerprint density at radius 2 is 1.69 bits per heavy atom. The van der Waals surface area contributed by atoms with E-state index < -0.39 is 29.5 Å². The molecule has 0 spiro atoms. The molecule has 202 valence electrons. The summed E-state index contributed by atoms with van der Waals surface area (Å²) in [4.78, 5) is 40.5. The van der Waals surface area contributed by atoms with Gasteiger partial charge in [-0.15, -0.1) is 0 Å². The van der Waals surface area contributed by atoms with Gasteiger partial charge in [0, 0.05) is 5.69 Å². The number of esters is 1. The summed E-state index contributed by atoms with van der Waals surface area (Å²) in [6, 6.07) is 12.0. The normalized spacial score (nSPS) is 16.3. The number of halogens is 2. The van der Waals surface area contributed by atoms with Gasteiger partial charge < -0.3 is 24.4 Å². The van der Waals surface area contributed by atoms with Gasteiger partial charge in [-0.25, -0.2) is 4.79 Å². The van der Waals surface area contributed by atoms with Crippen LogP contribution in [0.15, 0.2) is 60.2 Å². The minimum absolute atomic E-state index is 0.0233. The summed E-state index contributed by atoms with van der Waals surface area (Å²) < 4.78 is 15.7.